The lowest BCUT2D eigenvalue weighted by molar-refractivity contribution is -0.114. The first-order chi connectivity index (χ1) is 7.08. The summed E-state index contributed by atoms with van der Waals surface area (Å²) in [7, 11) is 1.87. The van der Waals surface area contributed by atoms with Crippen molar-refractivity contribution in [2.75, 3.05) is 5.32 Å². The molecule has 1 amide bonds. The van der Waals surface area contributed by atoms with E-state index in [1.165, 1.54) is 6.92 Å². The van der Waals surface area contributed by atoms with E-state index in [0.29, 0.717) is 5.95 Å². The van der Waals surface area contributed by atoms with Gasteiger partial charge in [-0.2, -0.15) is 0 Å². The van der Waals surface area contributed by atoms with Crippen LogP contribution in [0.25, 0.3) is 11.0 Å². The van der Waals surface area contributed by atoms with Gasteiger partial charge in [0, 0.05) is 18.4 Å². The summed E-state index contributed by atoms with van der Waals surface area (Å²) in [5.41, 5.74) is 1.84. The zero-order valence-electron chi connectivity index (χ0n) is 8.41. The Morgan fingerprint density at radius 2 is 2.27 bits per heavy atom. The van der Waals surface area contributed by atoms with Gasteiger partial charge in [-0.05, 0) is 18.2 Å². The summed E-state index contributed by atoms with van der Waals surface area (Å²) in [4.78, 5) is 15.2. The first-order valence-electron chi connectivity index (χ1n) is 4.47. The second-order valence-corrected chi connectivity index (χ2v) is 4.22. The molecule has 1 N–H and O–H groups in total. The van der Waals surface area contributed by atoms with Crippen LogP contribution in [0.15, 0.2) is 22.7 Å². The van der Waals surface area contributed by atoms with Crippen LogP contribution in [0.2, 0.25) is 0 Å². The van der Waals surface area contributed by atoms with Gasteiger partial charge in [-0.1, -0.05) is 15.9 Å². The molecular formula is C10H10BrN3O. The van der Waals surface area contributed by atoms with Gasteiger partial charge in [-0.3, -0.25) is 10.1 Å². The number of rotatable bonds is 1. The van der Waals surface area contributed by atoms with Gasteiger partial charge in [0.25, 0.3) is 0 Å². The maximum Gasteiger partial charge on any atom is 0.223 e. The van der Waals surface area contributed by atoms with E-state index in [1.807, 2.05) is 29.8 Å². The molecule has 1 aromatic heterocycles. The molecule has 1 aromatic carbocycles. The first kappa shape index (κ1) is 10.2. The number of fused-ring (bicyclic) bond motifs is 1. The number of nitrogens with zero attached hydrogens (tertiary/aromatic N) is 2. The molecule has 0 spiro atoms. The Morgan fingerprint density at radius 3 is 2.93 bits per heavy atom. The van der Waals surface area contributed by atoms with Gasteiger partial charge in [0.2, 0.25) is 11.9 Å². The molecule has 0 unspecified atom stereocenters. The van der Waals surface area contributed by atoms with Crippen molar-refractivity contribution in [1.29, 1.82) is 0 Å². The Labute approximate surface area is 95.4 Å². The number of anilines is 1. The van der Waals surface area contributed by atoms with Crippen molar-refractivity contribution in [1.82, 2.24) is 9.55 Å². The maximum atomic E-state index is 10.9. The quantitative estimate of drug-likeness (QED) is 0.862. The standard InChI is InChI=1S/C10H10BrN3O/c1-6(15)12-10-13-8-4-3-7(11)5-9(8)14(10)2/h3-5H,1-2H3,(H,12,13,15). The van der Waals surface area contributed by atoms with Crippen molar-refractivity contribution >= 4 is 38.8 Å². The van der Waals surface area contributed by atoms with E-state index in [9.17, 15) is 4.79 Å². The van der Waals surface area contributed by atoms with E-state index in [4.69, 9.17) is 0 Å². The average molecular weight is 268 g/mol. The van der Waals surface area contributed by atoms with Crippen molar-refractivity contribution < 1.29 is 4.79 Å². The number of carbonyl (C=O) groups excluding carboxylic acids is 1. The highest BCUT2D eigenvalue weighted by Gasteiger charge is 2.08. The molecule has 0 aliphatic rings. The minimum absolute atomic E-state index is 0.118. The van der Waals surface area contributed by atoms with E-state index in [2.05, 4.69) is 26.2 Å². The number of imidazole rings is 1. The molecule has 5 heteroatoms. The molecule has 0 saturated heterocycles. The zero-order valence-corrected chi connectivity index (χ0v) is 10.00. The van der Waals surface area contributed by atoms with Crippen molar-refractivity contribution in [3.8, 4) is 0 Å². The summed E-state index contributed by atoms with van der Waals surface area (Å²) in [5, 5.41) is 2.68. The van der Waals surface area contributed by atoms with Gasteiger partial charge in [0.1, 0.15) is 0 Å². The predicted molar refractivity (Wildman–Crippen MR) is 62.7 cm³/mol. The summed E-state index contributed by atoms with van der Waals surface area (Å²) in [6.07, 6.45) is 0. The highest BCUT2D eigenvalue weighted by Crippen LogP contribution is 2.22. The average Bonchev–Trinajstić information content (AvgIpc) is 2.44. The highest BCUT2D eigenvalue weighted by atomic mass is 79.9. The largest absolute Gasteiger partial charge is 0.313 e. The summed E-state index contributed by atoms with van der Waals surface area (Å²) in [6.45, 7) is 1.47. The van der Waals surface area contributed by atoms with Crippen molar-refractivity contribution in [3.63, 3.8) is 0 Å². The van der Waals surface area contributed by atoms with Crippen LogP contribution in [0.1, 0.15) is 6.92 Å². The summed E-state index contributed by atoms with van der Waals surface area (Å²) < 4.78 is 2.84. The summed E-state index contributed by atoms with van der Waals surface area (Å²) in [6, 6.07) is 5.80. The van der Waals surface area contributed by atoms with Crippen LogP contribution in [0.3, 0.4) is 0 Å². The molecule has 4 nitrogen and oxygen atoms in total. The second kappa shape index (κ2) is 3.66. The molecule has 78 valence electrons. The van der Waals surface area contributed by atoms with E-state index >= 15 is 0 Å². The molecule has 0 fully saturated rings. The maximum absolute atomic E-state index is 10.9. The molecule has 2 aromatic rings. The van der Waals surface area contributed by atoms with E-state index in [0.717, 1.165) is 15.5 Å². The number of aromatic nitrogens is 2. The molecule has 15 heavy (non-hydrogen) atoms. The predicted octanol–water partition coefficient (Wildman–Crippen LogP) is 2.29. The lowest BCUT2D eigenvalue weighted by atomic mass is 10.3. The Kier molecular flexibility index (Phi) is 2.48. The van der Waals surface area contributed by atoms with Crippen LogP contribution in [-0.2, 0) is 11.8 Å². The molecule has 0 bridgehead atoms. The number of nitrogens with one attached hydrogen (secondary N) is 1. The molecule has 0 aliphatic heterocycles. The number of carbonyl (C=O) groups is 1. The molecule has 0 radical (unpaired) electrons. The molecule has 1 heterocycles. The van der Waals surface area contributed by atoms with Gasteiger partial charge in [0.15, 0.2) is 0 Å². The number of benzene rings is 1. The third-order valence-electron chi connectivity index (χ3n) is 2.13. The van der Waals surface area contributed by atoms with Crippen LogP contribution < -0.4 is 5.32 Å². The third kappa shape index (κ3) is 1.87. The van der Waals surface area contributed by atoms with E-state index in [-0.39, 0.29) is 5.91 Å². The van der Waals surface area contributed by atoms with Gasteiger partial charge in [0.05, 0.1) is 11.0 Å². The minimum atomic E-state index is -0.118. The summed E-state index contributed by atoms with van der Waals surface area (Å²) in [5.74, 6) is 0.447. The lowest BCUT2D eigenvalue weighted by Crippen LogP contribution is -2.10. The summed E-state index contributed by atoms with van der Waals surface area (Å²) >= 11 is 3.40. The van der Waals surface area contributed by atoms with Crippen LogP contribution in [0.5, 0.6) is 0 Å². The Balaban J connectivity index is 2.59. The number of hydrogen-bond acceptors (Lipinski definition) is 2. The Hall–Kier alpha value is -1.36. The topological polar surface area (TPSA) is 46.9 Å². The van der Waals surface area contributed by atoms with Gasteiger partial charge < -0.3 is 4.57 Å². The minimum Gasteiger partial charge on any atom is -0.313 e. The SMILES string of the molecule is CC(=O)Nc1nc2ccc(Br)cc2n1C. The Morgan fingerprint density at radius 1 is 1.53 bits per heavy atom. The monoisotopic (exact) mass is 267 g/mol. The number of hydrogen-bond donors (Lipinski definition) is 1. The van der Waals surface area contributed by atoms with E-state index in [1.54, 1.807) is 0 Å². The fourth-order valence-corrected chi connectivity index (χ4v) is 1.78. The molecule has 0 aliphatic carbocycles. The van der Waals surface area contributed by atoms with E-state index < -0.39 is 0 Å². The first-order valence-corrected chi connectivity index (χ1v) is 5.27. The lowest BCUT2D eigenvalue weighted by Gasteiger charge is -2.01. The van der Waals surface area contributed by atoms with Crippen molar-refractivity contribution in [2.45, 2.75) is 6.92 Å². The second-order valence-electron chi connectivity index (χ2n) is 3.31. The van der Waals surface area contributed by atoms with Crippen molar-refractivity contribution in [3.05, 3.63) is 22.7 Å². The molecule has 0 saturated carbocycles. The number of halogens is 1. The third-order valence-corrected chi connectivity index (χ3v) is 2.62. The molecule has 2 rings (SSSR count). The van der Waals surface area contributed by atoms with Crippen LogP contribution in [-0.4, -0.2) is 15.5 Å². The van der Waals surface area contributed by atoms with Gasteiger partial charge >= 0.3 is 0 Å². The normalized spacial score (nSPS) is 10.6. The fraction of sp³-hybridized carbons (Fsp3) is 0.200. The van der Waals surface area contributed by atoms with Crippen LogP contribution >= 0.6 is 15.9 Å². The van der Waals surface area contributed by atoms with Crippen LogP contribution in [0, 0.1) is 0 Å². The van der Waals surface area contributed by atoms with Gasteiger partial charge in [-0.15, -0.1) is 0 Å². The Bertz CT molecular complexity index is 533. The van der Waals surface area contributed by atoms with Crippen molar-refractivity contribution in [2.24, 2.45) is 7.05 Å². The highest BCUT2D eigenvalue weighted by molar-refractivity contribution is 9.10. The zero-order chi connectivity index (χ0) is 11.0. The van der Waals surface area contributed by atoms with Crippen LogP contribution in [0.4, 0.5) is 5.95 Å². The smallest absolute Gasteiger partial charge is 0.223 e. The number of amides is 1. The molecule has 0 atom stereocenters. The van der Waals surface area contributed by atoms with Gasteiger partial charge in [-0.25, -0.2) is 4.98 Å². The fourth-order valence-electron chi connectivity index (χ4n) is 1.43. The molecular weight excluding hydrogens is 258 g/mol. The number of aryl methyl sites for hydroxylation is 1.